The minimum Gasteiger partial charge on any atom is -0.421 e. The van der Waals surface area contributed by atoms with Crippen molar-refractivity contribution >= 4 is 64.3 Å². The Morgan fingerprint density at radius 3 is 2.34 bits per heavy atom. The van der Waals surface area contributed by atoms with Gasteiger partial charge in [0.05, 0.1) is 10.2 Å². The molecule has 8 nitrogen and oxygen atoms in total. The summed E-state index contributed by atoms with van der Waals surface area (Å²) in [6.07, 6.45) is 1.06. The molecule has 0 atom stereocenters. The first-order valence-corrected chi connectivity index (χ1v) is 12.5. The Bertz CT molecular complexity index is 1520. The quantitative estimate of drug-likeness (QED) is 0.356. The molecule has 0 aliphatic rings. The topological polar surface area (TPSA) is 119 Å². The zero-order valence-corrected chi connectivity index (χ0v) is 20.3. The van der Waals surface area contributed by atoms with E-state index in [2.05, 4.69) is 47.4 Å². The van der Waals surface area contributed by atoms with Gasteiger partial charge in [0, 0.05) is 27.4 Å². The average molecular weight is 579 g/mol. The fourth-order valence-corrected chi connectivity index (χ4v) is 4.75. The lowest BCUT2D eigenvalue weighted by Crippen LogP contribution is -2.20. The van der Waals surface area contributed by atoms with Crippen molar-refractivity contribution in [1.29, 1.82) is 0 Å². The molecule has 1 N–H and O–H groups in total. The van der Waals surface area contributed by atoms with Crippen LogP contribution >= 0.6 is 31.9 Å². The fourth-order valence-electron chi connectivity index (χ4n) is 2.91. The molecule has 4 aromatic rings. The maximum Gasteiger partial charge on any atom is 0.349 e. The molecule has 32 heavy (non-hydrogen) atoms. The second kappa shape index (κ2) is 8.57. The van der Waals surface area contributed by atoms with Gasteiger partial charge < -0.3 is 9.73 Å². The van der Waals surface area contributed by atoms with Crippen molar-refractivity contribution in [2.75, 3.05) is 11.6 Å². The predicted molar refractivity (Wildman–Crippen MR) is 126 cm³/mol. The molecule has 2 aromatic heterocycles. The number of fused-ring (bicyclic) bond motifs is 1. The maximum absolute atomic E-state index is 12.7. The van der Waals surface area contributed by atoms with E-state index >= 15 is 0 Å². The lowest BCUT2D eigenvalue weighted by atomic mass is 10.1. The molecule has 0 saturated carbocycles. The summed E-state index contributed by atoms with van der Waals surface area (Å²) >= 11 is 6.70. The van der Waals surface area contributed by atoms with E-state index in [1.807, 2.05) is 0 Å². The van der Waals surface area contributed by atoms with Crippen molar-refractivity contribution in [1.82, 2.24) is 10.2 Å². The molecule has 2 aromatic carbocycles. The molecule has 0 spiro atoms. The Labute approximate surface area is 198 Å². The third-order valence-corrected chi connectivity index (χ3v) is 6.48. The van der Waals surface area contributed by atoms with E-state index in [4.69, 9.17) is 4.42 Å². The van der Waals surface area contributed by atoms with Gasteiger partial charge >= 0.3 is 5.63 Å². The van der Waals surface area contributed by atoms with Gasteiger partial charge in [-0.15, -0.1) is 10.2 Å². The molecule has 4 rings (SSSR count). The van der Waals surface area contributed by atoms with Gasteiger partial charge in [-0.3, -0.25) is 4.79 Å². The number of hydrogen-bond donors (Lipinski definition) is 1. The fraction of sp³-hybridized carbons (Fsp3) is 0.0476. The Hall–Kier alpha value is -2.89. The van der Waals surface area contributed by atoms with Gasteiger partial charge in [-0.25, -0.2) is 13.2 Å². The monoisotopic (exact) mass is 577 g/mol. The summed E-state index contributed by atoms with van der Waals surface area (Å²) in [5, 5.41) is 10.8. The van der Waals surface area contributed by atoms with E-state index in [0.717, 1.165) is 10.7 Å². The Morgan fingerprint density at radius 2 is 1.72 bits per heavy atom. The molecule has 162 valence electrons. The molecule has 0 bridgehead atoms. The smallest absolute Gasteiger partial charge is 0.349 e. The van der Waals surface area contributed by atoms with Crippen molar-refractivity contribution in [2.24, 2.45) is 0 Å². The number of rotatable bonds is 4. The second-order valence-electron chi connectivity index (χ2n) is 6.81. The number of sulfone groups is 1. The second-order valence-corrected chi connectivity index (χ2v) is 10.5. The van der Waals surface area contributed by atoms with Crippen LogP contribution in [-0.2, 0) is 9.84 Å². The number of amides is 1. The van der Waals surface area contributed by atoms with E-state index < -0.39 is 21.4 Å². The maximum atomic E-state index is 12.7. The SMILES string of the molecule is CS(=O)(=O)c1ccc(-c2ccc(NC(=O)c3cc4cc(Br)cc(Br)c4oc3=O)cc2)nn1. The lowest BCUT2D eigenvalue weighted by molar-refractivity contribution is 0.102. The van der Waals surface area contributed by atoms with Crippen LogP contribution in [0.5, 0.6) is 0 Å². The first-order valence-electron chi connectivity index (χ1n) is 9.00. The molecule has 11 heteroatoms. The first kappa shape index (κ1) is 22.3. The number of nitrogens with zero attached hydrogens (tertiary/aromatic N) is 2. The van der Waals surface area contributed by atoms with Crippen LogP contribution in [-0.4, -0.2) is 30.8 Å². The zero-order valence-electron chi connectivity index (χ0n) is 16.3. The van der Waals surface area contributed by atoms with Gasteiger partial charge in [-0.05, 0) is 58.4 Å². The molecule has 0 unspecified atom stereocenters. The number of hydrogen-bond acceptors (Lipinski definition) is 7. The molecule has 2 heterocycles. The number of nitrogens with one attached hydrogen (secondary N) is 1. The van der Waals surface area contributed by atoms with Crippen LogP contribution < -0.4 is 10.9 Å². The van der Waals surface area contributed by atoms with Crippen LogP contribution in [0.3, 0.4) is 0 Å². The molecule has 0 radical (unpaired) electrons. The Balaban J connectivity index is 1.57. The molecule has 0 saturated heterocycles. The van der Waals surface area contributed by atoms with Gasteiger partial charge in [0.1, 0.15) is 5.56 Å². The van der Waals surface area contributed by atoms with Crippen LogP contribution in [0.25, 0.3) is 22.2 Å². The van der Waals surface area contributed by atoms with Gasteiger partial charge in [0.15, 0.2) is 20.4 Å². The van der Waals surface area contributed by atoms with Gasteiger partial charge in [0.2, 0.25) is 0 Å². The Morgan fingerprint density at radius 1 is 1.00 bits per heavy atom. The van der Waals surface area contributed by atoms with Crippen molar-refractivity contribution in [2.45, 2.75) is 5.03 Å². The van der Waals surface area contributed by atoms with E-state index in [1.54, 1.807) is 42.5 Å². The lowest BCUT2D eigenvalue weighted by Gasteiger charge is -2.07. The standard InChI is InChI=1S/C21H13Br2N3O5S/c1-32(29,30)18-7-6-17(25-26-18)11-2-4-14(5-3-11)24-20(27)15-9-12-8-13(22)10-16(23)19(12)31-21(15)28/h2-10H,1H3,(H,24,27). The predicted octanol–water partition coefficient (Wildman–Crippen LogP) is 4.43. The van der Waals surface area contributed by atoms with Crippen LogP contribution in [0.1, 0.15) is 10.4 Å². The summed E-state index contributed by atoms with van der Waals surface area (Å²) in [5.74, 6) is -0.609. The normalized spacial score (nSPS) is 11.5. The van der Waals surface area contributed by atoms with Crippen molar-refractivity contribution in [3.05, 3.63) is 79.5 Å². The van der Waals surface area contributed by atoms with Crippen LogP contribution in [0.2, 0.25) is 0 Å². The molecule has 0 aliphatic heterocycles. The van der Waals surface area contributed by atoms with E-state index in [0.29, 0.717) is 32.4 Å². The molecule has 0 aliphatic carbocycles. The minimum absolute atomic E-state index is 0.113. The van der Waals surface area contributed by atoms with Gasteiger partial charge in [-0.1, -0.05) is 28.1 Å². The third-order valence-electron chi connectivity index (χ3n) is 4.45. The summed E-state index contributed by atoms with van der Waals surface area (Å²) in [6, 6.07) is 14.5. The van der Waals surface area contributed by atoms with Gasteiger partial charge in [-0.2, -0.15) is 0 Å². The largest absolute Gasteiger partial charge is 0.421 e. The van der Waals surface area contributed by atoms with Crippen molar-refractivity contribution in [3.63, 3.8) is 0 Å². The van der Waals surface area contributed by atoms with E-state index in [1.165, 1.54) is 12.1 Å². The number of aromatic nitrogens is 2. The number of carbonyl (C=O) groups is 1. The highest BCUT2D eigenvalue weighted by Gasteiger charge is 2.16. The summed E-state index contributed by atoms with van der Waals surface area (Å²) in [6.45, 7) is 0. The molecule has 1 amide bonds. The Kier molecular flexibility index (Phi) is 5.97. The summed E-state index contributed by atoms with van der Waals surface area (Å²) in [4.78, 5) is 25.0. The number of carbonyl (C=O) groups excluding carboxylic acids is 1. The molecular formula is C21H13Br2N3O5S. The third kappa shape index (κ3) is 4.64. The average Bonchev–Trinajstić information content (AvgIpc) is 2.74. The van der Waals surface area contributed by atoms with Gasteiger partial charge in [0.25, 0.3) is 5.91 Å². The van der Waals surface area contributed by atoms with E-state index in [-0.39, 0.29) is 10.6 Å². The highest BCUT2D eigenvalue weighted by molar-refractivity contribution is 9.11. The number of benzene rings is 2. The molecular weight excluding hydrogens is 566 g/mol. The highest BCUT2D eigenvalue weighted by atomic mass is 79.9. The van der Waals surface area contributed by atoms with Crippen LogP contribution in [0.15, 0.2) is 77.8 Å². The summed E-state index contributed by atoms with van der Waals surface area (Å²) < 4.78 is 29.7. The summed E-state index contributed by atoms with van der Waals surface area (Å²) in [5.41, 5.74) is 1.07. The van der Waals surface area contributed by atoms with Crippen molar-refractivity contribution in [3.8, 4) is 11.3 Å². The van der Waals surface area contributed by atoms with Crippen molar-refractivity contribution < 1.29 is 17.6 Å². The highest BCUT2D eigenvalue weighted by Crippen LogP contribution is 2.28. The molecule has 0 fully saturated rings. The minimum atomic E-state index is -3.43. The summed E-state index contributed by atoms with van der Waals surface area (Å²) in [7, 11) is -3.43. The number of halogens is 2. The first-order chi connectivity index (χ1) is 15.1. The van der Waals surface area contributed by atoms with Crippen LogP contribution in [0.4, 0.5) is 5.69 Å². The number of anilines is 1. The zero-order chi connectivity index (χ0) is 23.0. The van der Waals surface area contributed by atoms with Crippen LogP contribution in [0, 0.1) is 0 Å². The van der Waals surface area contributed by atoms with E-state index in [9.17, 15) is 18.0 Å².